The fraction of sp³-hybridized carbons (Fsp3) is 0.368. The fourth-order valence-electron chi connectivity index (χ4n) is 2.77. The average Bonchev–Trinajstić information content (AvgIpc) is 3.14. The van der Waals surface area contributed by atoms with Gasteiger partial charge in [-0.3, -0.25) is 0 Å². The maximum absolute atomic E-state index is 12.0. The molecule has 9 heteroatoms. The Balaban J connectivity index is 1.68. The van der Waals surface area contributed by atoms with Crippen molar-refractivity contribution in [2.75, 3.05) is 13.7 Å². The van der Waals surface area contributed by atoms with E-state index in [9.17, 15) is 19.8 Å². The van der Waals surface area contributed by atoms with Gasteiger partial charge in [0.05, 0.1) is 13.7 Å². The fourth-order valence-corrected chi connectivity index (χ4v) is 2.77. The lowest BCUT2D eigenvalue weighted by Crippen LogP contribution is -2.32. The number of phenols is 1. The van der Waals surface area contributed by atoms with Crippen LogP contribution in [0.25, 0.3) is 6.08 Å². The maximum Gasteiger partial charge on any atom is 0.378 e. The summed E-state index contributed by atoms with van der Waals surface area (Å²) in [6, 6.07) is 4.47. The molecule has 0 aromatic heterocycles. The molecule has 2 unspecified atom stereocenters. The molecule has 9 nitrogen and oxygen atoms in total. The molecule has 0 bridgehead atoms. The first kappa shape index (κ1) is 19.7. The molecular weight excluding hydrogens is 372 g/mol. The minimum atomic E-state index is -1.11. The van der Waals surface area contributed by atoms with Crippen molar-refractivity contribution in [2.24, 2.45) is 0 Å². The van der Waals surface area contributed by atoms with Crippen LogP contribution in [-0.2, 0) is 28.5 Å². The summed E-state index contributed by atoms with van der Waals surface area (Å²) in [5.41, 5.74) is 0.551. The van der Waals surface area contributed by atoms with Gasteiger partial charge in [0.1, 0.15) is 6.10 Å². The second kappa shape index (κ2) is 7.53. The van der Waals surface area contributed by atoms with E-state index in [1.807, 2.05) is 0 Å². The van der Waals surface area contributed by atoms with E-state index in [0.29, 0.717) is 5.56 Å². The third-order valence-corrected chi connectivity index (χ3v) is 4.11. The SMILES string of the molecule is COc1cc(/C=C/C(=O)OC2=C(O)C(C3COC(C)(C)O3)OC2=O)ccc1O. The predicted octanol–water partition coefficient (Wildman–Crippen LogP) is 1.80. The summed E-state index contributed by atoms with van der Waals surface area (Å²) in [6.45, 7) is 3.49. The zero-order chi connectivity index (χ0) is 20.5. The first-order valence-corrected chi connectivity index (χ1v) is 8.43. The van der Waals surface area contributed by atoms with E-state index in [2.05, 4.69) is 0 Å². The van der Waals surface area contributed by atoms with Crippen molar-refractivity contribution in [3.05, 3.63) is 41.4 Å². The topological polar surface area (TPSA) is 121 Å². The lowest BCUT2D eigenvalue weighted by Gasteiger charge is -2.19. The number of ether oxygens (including phenoxy) is 5. The Morgan fingerprint density at radius 1 is 1.32 bits per heavy atom. The van der Waals surface area contributed by atoms with Gasteiger partial charge in [-0.1, -0.05) is 6.07 Å². The molecule has 1 aromatic carbocycles. The lowest BCUT2D eigenvalue weighted by atomic mass is 10.2. The summed E-state index contributed by atoms with van der Waals surface area (Å²) >= 11 is 0. The highest BCUT2D eigenvalue weighted by Gasteiger charge is 2.47. The molecule has 1 fully saturated rings. The number of phenolic OH excluding ortho intramolecular Hbond substituents is 1. The average molecular weight is 392 g/mol. The molecule has 0 amide bonds. The molecular formula is C19H20O9. The number of hydrogen-bond acceptors (Lipinski definition) is 9. The standard InChI is InChI=1S/C19H20O9/c1-19(2)25-9-13(28-19)16-15(22)17(18(23)27-16)26-14(21)7-5-10-4-6-11(20)12(8-10)24-3/h4-8,13,16,20,22H,9H2,1-3H3/b7-5+. The highest BCUT2D eigenvalue weighted by Crippen LogP contribution is 2.32. The molecule has 0 aliphatic carbocycles. The number of aliphatic hydroxyl groups is 1. The number of rotatable bonds is 5. The van der Waals surface area contributed by atoms with Crippen LogP contribution >= 0.6 is 0 Å². The Morgan fingerprint density at radius 3 is 2.71 bits per heavy atom. The molecule has 1 saturated heterocycles. The summed E-state index contributed by atoms with van der Waals surface area (Å²) in [5, 5.41) is 19.8. The minimum Gasteiger partial charge on any atom is -0.505 e. The van der Waals surface area contributed by atoms with Crippen LogP contribution in [0.5, 0.6) is 11.5 Å². The van der Waals surface area contributed by atoms with Gasteiger partial charge in [0.15, 0.2) is 29.1 Å². The molecule has 2 N–H and O–H groups in total. The van der Waals surface area contributed by atoms with Gasteiger partial charge in [-0.15, -0.1) is 0 Å². The van der Waals surface area contributed by atoms with Crippen LogP contribution in [0.2, 0.25) is 0 Å². The molecule has 2 heterocycles. The van der Waals surface area contributed by atoms with Crippen molar-refractivity contribution in [1.82, 2.24) is 0 Å². The van der Waals surface area contributed by atoms with Crippen molar-refractivity contribution in [3.8, 4) is 11.5 Å². The second-order valence-electron chi connectivity index (χ2n) is 6.59. The summed E-state index contributed by atoms with van der Waals surface area (Å²) < 4.78 is 25.9. The van der Waals surface area contributed by atoms with Crippen LogP contribution in [-0.4, -0.2) is 53.9 Å². The predicted molar refractivity (Wildman–Crippen MR) is 94.2 cm³/mol. The van der Waals surface area contributed by atoms with Gasteiger partial charge >= 0.3 is 11.9 Å². The van der Waals surface area contributed by atoms with Gasteiger partial charge in [0, 0.05) is 6.08 Å². The molecule has 0 spiro atoms. The Morgan fingerprint density at radius 2 is 2.07 bits per heavy atom. The van der Waals surface area contributed by atoms with Gasteiger partial charge in [0.25, 0.3) is 5.76 Å². The Kier molecular flexibility index (Phi) is 5.30. The van der Waals surface area contributed by atoms with Crippen molar-refractivity contribution in [2.45, 2.75) is 31.8 Å². The number of esters is 2. The van der Waals surface area contributed by atoms with Crippen LogP contribution in [0.1, 0.15) is 19.4 Å². The van der Waals surface area contributed by atoms with Crippen molar-refractivity contribution >= 4 is 18.0 Å². The van der Waals surface area contributed by atoms with Gasteiger partial charge in [-0.2, -0.15) is 0 Å². The molecule has 3 rings (SSSR count). The number of carbonyl (C=O) groups is 2. The van der Waals surface area contributed by atoms with Crippen molar-refractivity contribution in [3.63, 3.8) is 0 Å². The highest BCUT2D eigenvalue weighted by molar-refractivity contribution is 5.96. The van der Waals surface area contributed by atoms with E-state index < -0.39 is 41.5 Å². The largest absolute Gasteiger partial charge is 0.505 e. The molecule has 0 saturated carbocycles. The third-order valence-electron chi connectivity index (χ3n) is 4.11. The first-order chi connectivity index (χ1) is 13.2. The Labute approximate surface area is 160 Å². The Bertz CT molecular complexity index is 853. The normalized spacial score (nSPS) is 23.9. The molecule has 0 radical (unpaired) electrons. The van der Waals surface area contributed by atoms with Crippen LogP contribution in [0, 0.1) is 0 Å². The van der Waals surface area contributed by atoms with Crippen LogP contribution in [0.4, 0.5) is 0 Å². The van der Waals surface area contributed by atoms with Crippen molar-refractivity contribution in [1.29, 1.82) is 0 Å². The number of aliphatic hydroxyl groups excluding tert-OH is 1. The molecule has 2 atom stereocenters. The highest BCUT2D eigenvalue weighted by atomic mass is 16.8. The number of carbonyl (C=O) groups excluding carboxylic acids is 2. The zero-order valence-corrected chi connectivity index (χ0v) is 15.5. The van der Waals surface area contributed by atoms with E-state index in [0.717, 1.165) is 6.08 Å². The number of cyclic esters (lactones) is 1. The summed E-state index contributed by atoms with van der Waals surface area (Å²) in [6.07, 6.45) is 0.638. The minimum absolute atomic E-state index is 0.0432. The van der Waals surface area contributed by atoms with Crippen LogP contribution in [0.3, 0.4) is 0 Å². The number of benzene rings is 1. The monoisotopic (exact) mass is 392 g/mol. The number of aromatic hydroxyl groups is 1. The van der Waals surface area contributed by atoms with Crippen molar-refractivity contribution < 1.29 is 43.5 Å². The zero-order valence-electron chi connectivity index (χ0n) is 15.5. The lowest BCUT2D eigenvalue weighted by molar-refractivity contribution is -0.163. The van der Waals surface area contributed by atoms with Gasteiger partial charge < -0.3 is 33.9 Å². The second-order valence-corrected chi connectivity index (χ2v) is 6.59. The third kappa shape index (κ3) is 4.10. The van der Waals surface area contributed by atoms with Gasteiger partial charge in [-0.05, 0) is 37.6 Å². The van der Waals surface area contributed by atoms with E-state index >= 15 is 0 Å². The summed E-state index contributed by atoms with van der Waals surface area (Å²) in [4.78, 5) is 24.0. The summed E-state index contributed by atoms with van der Waals surface area (Å²) in [5.74, 6) is -3.65. The smallest absolute Gasteiger partial charge is 0.378 e. The van der Waals surface area contributed by atoms with E-state index in [-0.39, 0.29) is 18.1 Å². The van der Waals surface area contributed by atoms with Gasteiger partial charge in [-0.25, -0.2) is 9.59 Å². The van der Waals surface area contributed by atoms with Gasteiger partial charge in [0.2, 0.25) is 0 Å². The first-order valence-electron chi connectivity index (χ1n) is 8.43. The van der Waals surface area contributed by atoms with E-state index in [1.165, 1.54) is 25.3 Å². The molecule has 28 heavy (non-hydrogen) atoms. The molecule has 2 aliphatic heterocycles. The number of hydrogen-bond donors (Lipinski definition) is 2. The molecule has 2 aliphatic rings. The quantitative estimate of drug-likeness (QED) is 0.571. The van der Waals surface area contributed by atoms with Crippen LogP contribution in [0.15, 0.2) is 35.8 Å². The number of methoxy groups -OCH3 is 1. The maximum atomic E-state index is 12.0. The van der Waals surface area contributed by atoms with E-state index in [1.54, 1.807) is 19.9 Å². The van der Waals surface area contributed by atoms with E-state index in [4.69, 9.17) is 23.7 Å². The molecule has 150 valence electrons. The Hall–Kier alpha value is -3.04. The molecule has 1 aromatic rings. The van der Waals surface area contributed by atoms with Crippen LogP contribution < -0.4 is 4.74 Å². The summed E-state index contributed by atoms with van der Waals surface area (Å²) in [7, 11) is 1.40.